The van der Waals surface area contributed by atoms with Crippen molar-refractivity contribution in [3.8, 4) is 5.88 Å². The van der Waals surface area contributed by atoms with Gasteiger partial charge in [-0.3, -0.25) is 9.97 Å². The minimum absolute atomic E-state index is 0. The molecule has 4 rings (SSSR count). The second-order valence-corrected chi connectivity index (χ2v) is 7.69. The minimum atomic E-state index is -1.44. The van der Waals surface area contributed by atoms with Gasteiger partial charge in [-0.05, 0) is 12.1 Å². The fourth-order valence-electron chi connectivity index (χ4n) is 2.89. The third kappa shape index (κ3) is 4.56. The van der Waals surface area contributed by atoms with Gasteiger partial charge >= 0.3 is 34.7 Å². The quantitative estimate of drug-likeness (QED) is 0.483. The van der Waals surface area contributed by atoms with Crippen molar-refractivity contribution in [1.82, 2.24) is 19.9 Å². The van der Waals surface area contributed by atoms with Gasteiger partial charge in [0.25, 0.3) is 0 Å². The van der Waals surface area contributed by atoms with Gasteiger partial charge in [0.1, 0.15) is 5.69 Å². The predicted molar refractivity (Wildman–Crippen MR) is 110 cm³/mol. The number of anilines is 1. The van der Waals surface area contributed by atoms with Crippen LogP contribution < -0.4 is 9.64 Å². The molecular formula is C17H19ClN5NaO3S. The number of rotatable bonds is 5. The number of ether oxygens (including phenoxy) is 2. The maximum atomic E-state index is 12.8. The zero-order chi connectivity index (χ0) is 18.8. The zero-order valence-electron chi connectivity index (χ0n) is 14.6. The molecule has 144 valence electrons. The van der Waals surface area contributed by atoms with Crippen LogP contribution in [0.1, 0.15) is 5.69 Å². The molecule has 0 amide bonds. The Morgan fingerprint density at radius 1 is 1.29 bits per heavy atom. The zero-order valence-corrected chi connectivity index (χ0v) is 16.2. The van der Waals surface area contributed by atoms with Crippen molar-refractivity contribution < 1.29 is 14.0 Å². The molecule has 1 atom stereocenters. The van der Waals surface area contributed by atoms with Crippen LogP contribution in [-0.2, 0) is 21.7 Å². The number of methoxy groups -OCH3 is 1. The normalized spacial score (nSPS) is 15.3. The number of H-pyrrole nitrogens is 1. The molecule has 4 heterocycles. The fraction of sp³-hybridized carbons (Fsp3) is 0.353. The Kier molecular flexibility index (Phi) is 7.43. The average molecular weight is 432 g/mol. The first-order valence-electron chi connectivity index (χ1n) is 8.41. The number of fused-ring (bicyclic) bond motifs is 1. The number of hydrogen-bond acceptors (Lipinski definition) is 7. The van der Waals surface area contributed by atoms with Gasteiger partial charge in [-0.2, -0.15) is 9.97 Å². The second-order valence-electron chi connectivity index (χ2n) is 5.95. The third-order valence-electron chi connectivity index (χ3n) is 4.28. The molecule has 1 saturated heterocycles. The molecule has 3 aromatic rings. The fourth-order valence-corrected chi connectivity index (χ4v) is 4.29. The summed E-state index contributed by atoms with van der Waals surface area (Å²) in [4.78, 5) is 18.1. The van der Waals surface area contributed by atoms with Gasteiger partial charge < -0.3 is 18.9 Å². The van der Waals surface area contributed by atoms with E-state index in [4.69, 9.17) is 21.1 Å². The molecule has 1 fully saturated rings. The maximum absolute atomic E-state index is 12.8. The molecule has 1 aliphatic heterocycles. The SMILES string of the molecule is COc1ccc2[nH]c([S@+]([O-])Cc3nccc(N4CCOCC4)c3Cl)nc2n1.[NaH]. The van der Waals surface area contributed by atoms with E-state index in [1.165, 1.54) is 7.11 Å². The molecule has 0 saturated carbocycles. The molecular weight excluding hydrogens is 413 g/mol. The van der Waals surface area contributed by atoms with Crippen molar-refractivity contribution >= 4 is 69.2 Å². The monoisotopic (exact) mass is 431 g/mol. The molecule has 1 aliphatic rings. The van der Waals surface area contributed by atoms with Crippen molar-refractivity contribution in [3.63, 3.8) is 0 Å². The van der Waals surface area contributed by atoms with Crippen LogP contribution in [-0.4, -0.2) is 87.5 Å². The van der Waals surface area contributed by atoms with Gasteiger partial charge in [0, 0.05) is 36.5 Å². The molecule has 0 unspecified atom stereocenters. The van der Waals surface area contributed by atoms with Crippen LogP contribution in [0.3, 0.4) is 0 Å². The Labute approximate surface area is 192 Å². The summed E-state index contributed by atoms with van der Waals surface area (Å²) >= 11 is 5.12. The van der Waals surface area contributed by atoms with Crippen LogP contribution >= 0.6 is 11.6 Å². The van der Waals surface area contributed by atoms with Crippen molar-refractivity contribution in [2.45, 2.75) is 10.9 Å². The van der Waals surface area contributed by atoms with Crippen molar-refractivity contribution in [3.05, 3.63) is 35.1 Å². The van der Waals surface area contributed by atoms with E-state index in [0.29, 0.717) is 46.1 Å². The molecule has 0 bridgehead atoms. The number of aromatic nitrogens is 4. The van der Waals surface area contributed by atoms with E-state index in [0.717, 1.165) is 18.8 Å². The molecule has 3 aromatic heterocycles. The summed E-state index contributed by atoms with van der Waals surface area (Å²) < 4.78 is 23.3. The van der Waals surface area contributed by atoms with Crippen molar-refractivity contribution in [2.75, 3.05) is 38.3 Å². The molecule has 0 aromatic carbocycles. The summed E-state index contributed by atoms with van der Waals surface area (Å²) in [7, 11) is 1.54. The molecule has 11 heteroatoms. The molecule has 28 heavy (non-hydrogen) atoms. The van der Waals surface area contributed by atoms with Crippen LogP contribution in [0.4, 0.5) is 5.69 Å². The number of imidazole rings is 1. The van der Waals surface area contributed by atoms with E-state index >= 15 is 0 Å². The van der Waals surface area contributed by atoms with Crippen LogP contribution in [0.2, 0.25) is 5.02 Å². The molecule has 1 N–H and O–H groups in total. The molecule has 0 spiro atoms. The van der Waals surface area contributed by atoms with Gasteiger partial charge in [0.05, 0.1) is 36.6 Å². The Hall–Kier alpha value is -1.07. The van der Waals surface area contributed by atoms with Gasteiger partial charge in [0.15, 0.2) is 11.4 Å². The summed E-state index contributed by atoms with van der Waals surface area (Å²) in [5.41, 5.74) is 2.61. The molecule has 8 nitrogen and oxygen atoms in total. The number of nitrogens with one attached hydrogen (secondary N) is 1. The Morgan fingerprint density at radius 3 is 2.82 bits per heavy atom. The second kappa shape index (κ2) is 9.62. The first-order chi connectivity index (χ1) is 13.2. The first kappa shape index (κ1) is 21.6. The van der Waals surface area contributed by atoms with E-state index in [1.54, 1.807) is 18.3 Å². The van der Waals surface area contributed by atoms with Crippen LogP contribution in [0.25, 0.3) is 11.2 Å². The number of aromatic amines is 1. The summed E-state index contributed by atoms with van der Waals surface area (Å²) in [5.74, 6) is 0.614. The van der Waals surface area contributed by atoms with E-state index < -0.39 is 11.2 Å². The Bertz CT molecular complexity index is 954. The number of halogens is 1. The van der Waals surface area contributed by atoms with Gasteiger partial charge in [-0.1, -0.05) is 11.6 Å². The summed E-state index contributed by atoms with van der Waals surface area (Å²) in [5, 5.41) is 0.851. The van der Waals surface area contributed by atoms with E-state index in [2.05, 4.69) is 24.8 Å². The van der Waals surface area contributed by atoms with Crippen LogP contribution in [0.15, 0.2) is 29.6 Å². The standard InChI is InChI=1S/C17H18ClN5O3S.Na.H/c1-25-14-3-2-11-16(21-14)22-17(20-11)27(24)10-12-15(18)13(4-5-19-12)23-6-8-26-9-7-23;;/h2-5H,6-10H2,1H3,(H,20,21,22);;/t27-;;/m1../s1. The third-order valence-corrected chi connectivity index (χ3v) is 5.86. The Balaban J connectivity index is 0.00000225. The summed E-state index contributed by atoms with van der Waals surface area (Å²) in [6, 6.07) is 5.38. The Morgan fingerprint density at radius 2 is 2.07 bits per heavy atom. The topological polar surface area (TPSA) is 99.2 Å². The van der Waals surface area contributed by atoms with Crippen LogP contribution in [0, 0.1) is 0 Å². The van der Waals surface area contributed by atoms with Crippen molar-refractivity contribution in [2.24, 2.45) is 0 Å². The number of morpholine rings is 1. The summed E-state index contributed by atoms with van der Waals surface area (Å²) in [6.07, 6.45) is 1.69. The molecule has 0 radical (unpaired) electrons. The van der Waals surface area contributed by atoms with Gasteiger partial charge in [0.2, 0.25) is 5.88 Å². The van der Waals surface area contributed by atoms with E-state index in [9.17, 15) is 4.55 Å². The molecule has 0 aliphatic carbocycles. The number of pyridine rings is 2. The summed E-state index contributed by atoms with van der Waals surface area (Å²) in [6.45, 7) is 2.86. The number of nitrogens with zero attached hydrogens (tertiary/aromatic N) is 4. The van der Waals surface area contributed by atoms with Crippen molar-refractivity contribution in [1.29, 1.82) is 0 Å². The number of hydrogen-bond donors (Lipinski definition) is 1. The van der Waals surface area contributed by atoms with E-state index in [-0.39, 0.29) is 35.3 Å². The average Bonchev–Trinajstić information content (AvgIpc) is 3.13. The van der Waals surface area contributed by atoms with Gasteiger partial charge in [-0.25, -0.2) is 0 Å². The van der Waals surface area contributed by atoms with Gasteiger partial charge in [-0.15, -0.1) is 0 Å². The first-order valence-corrected chi connectivity index (χ1v) is 10.1. The van der Waals surface area contributed by atoms with E-state index in [1.807, 2.05) is 6.07 Å². The van der Waals surface area contributed by atoms with Crippen LogP contribution in [0.5, 0.6) is 5.88 Å². The predicted octanol–water partition coefficient (Wildman–Crippen LogP) is 1.51.